The van der Waals surface area contributed by atoms with Crippen molar-refractivity contribution in [1.29, 1.82) is 0 Å². The summed E-state index contributed by atoms with van der Waals surface area (Å²) in [6, 6.07) is 0. The number of nitrogens with one attached hydrogen (secondary N) is 2. The molecule has 5 nitrogen and oxygen atoms in total. The van der Waals surface area contributed by atoms with E-state index in [1.807, 2.05) is 0 Å². The molecule has 1 heterocycles. The SMILES string of the molecule is CCCC1(C(=O)NCCC(C)C(=O)O)CCCNC1. The summed E-state index contributed by atoms with van der Waals surface area (Å²) in [4.78, 5) is 23.1. The number of carboxylic acids is 1. The van der Waals surface area contributed by atoms with E-state index in [0.717, 1.165) is 38.8 Å². The Bertz CT molecular complexity index is 306. The molecule has 0 aromatic rings. The summed E-state index contributed by atoms with van der Waals surface area (Å²) < 4.78 is 0. The van der Waals surface area contributed by atoms with Crippen LogP contribution in [0.3, 0.4) is 0 Å². The van der Waals surface area contributed by atoms with Crippen LogP contribution in [0.15, 0.2) is 0 Å². The highest BCUT2D eigenvalue weighted by Gasteiger charge is 2.38. The standard InChI is InChI=1S/C14H26N2O3/c1-3-6-14(7-4-8-15-10-14)13(19)16-9-5-11(2)12(17)18/h11,15H,3-10H2,1-2H3,(H,16,19)(H,17,18). The van der Waals surface area contributed by atoms with Crippen molar-refractivity contribution in [2.24, 2.45) is 11.3 Å². The molecule has 1 saturated heterocycles. The normalized spacial score (nSPS) is 24.7. The van der Waals surface area contributed by atoms with Crippen LogP contribution in [0.25, 0.3) is 0 Å². The molecule has 0 aromatic heterocycles. The van der Waals surface area contributed by atoms with E-state index >= 15 is 0 Å². The van der Waals surface area contributed by atoms with Gasteiger partial charge in [-0.1, -0.05) is 20.3 Å². The molecule has 0 aromatic carbocycles. The van der Waals surface area contributed by atoms with E-state index in [1.54, 1.807) is 6.92 Å². The highest BCUT2D eigenvalue weighted by atomic mass is 16.4. The Morgan fingerprint density at radius 3 is 2.74 bits per heavy atom. The first-order chi connectivity index (χ1) is 9.02. The Labute approximate surface area is 115 Å². The number of piperidine rings is 1. The molecule has 0 spiro atoms. The Kier molecular flexibility index (Phi) is 6.28. The average Bonchev–Trinajstić information content (AvgIpc) is 2.39. The van der Waals surface area contributed by atoms with Gasteiger partial charge in [0.05, 0.1) is 11.3 Å². The number of rotatable bonds is 7. The van der Waals surface area contributed by atoms with Crippen LogP contribution in [0.1, 0.15) is 46.0 Å². The van der Waals surface area contributed by atoms with Crippen LogP contribution in [0.4, 0.5) is 0 Å². The average molecular weight is 270 g/mol. The van der Waals surface area contributed by atoms with Gasteiger partial charge in [-0.3, -0.25) is 9.59 Å². The van der Waals surface area contributed by atoms with Crippen molar-refractivity contribution in [3.8, 4) is 0 Å². The third kappa shape index (κ3) is 4.49. The quantitative estimate of drug-likeness (QED) is 0.653. The third-order valence-electron chi connectivity index (χ3n) is 3.97. The van der Waals surface area contributed by atoms with Gasteiger partial charge in [0.1, 0.15) is 0 Å². The first-order valence-corrected chi connectivity index (χ1v) is 7.23. The molecule has 1 aliphatic heterocycles. The van der Waals surface area contributed by atoms with E-state index in [0.29, 0.717) is 13.0 Å². The summed E-state index contributed by atoms with van der Waals surface area (Å²) >= 11 is 0. The lowest BCUT2D eigenvalue weighted by Gasteiger charge is -2.36. The maximum absolute atomic E-state index is 12.4. The molecule has 19 heavy (non-hydrogen) atoms. The summed E-state index contributed by atoms with van der Waals surface area (Å²) in [7, 11) is 0. The monoisotopic (exact) mass is 270 g/mol. The summed E-state index contributed by atoms with van der Waals surface area (Å²) in [6.45, 7) is 5.92. The summed E-state index contributed by atoms with van der Waals surface area (Å²) in [5.41, 5.74) is -0.292. The summed E-state index contributed by atoms with van der Waals surface area (Å²) in [5.74, 6) is -1.14. The van der Waals surface area contributed by atoms with Gasteiger partial charge in [0, 0.05) is 13.1 Å². The van der Waals surface area contributed by atoms with Crippen molar-refractivity contribution < 1.29 is 14.7 Å². The fraction of sp³-hybridized carbons (Fsp3) is 0.857. The molecular weight excluding hydrogens is 244 g/mol. The van der Waals surface area contributed by atoms with Crippen molar-refractivity contribution in [3.63, 3.8) is 0 Å². The van der Waals surface area contributed by atoms with Gasteiger partial charge in [0.2, 0.25) is 5.91 Å². The first-order valence-electron chi connectivity index (χ1n) is 7.23. The molecule has 0 aliphatic carbocycles. The largest absolute Gasteiger partial charge is 0.481 e. The molecule has 0 saturated carbocycles. The number of carboxylic acid groups (broad SMARTS) is 1. The molecule has 2 unspecified atom stereocenters. The predicted molar refractivity (Wildman–Crippen MR) is 73.9 cm³/mol. The van der Waals surface area contributed by atoms with Gasteiger partial charge in [-0.15, -0.1) is 0 Å². The second-order valence-electron chi connectivity index (χ2n) is 5.59. The Hall–Kier alpha value is -1.10. The van der Waals surface area contributed by atoms with Gasteiger partial charge < -0.3 is 15.7 Å². The molecule has 0 radical (unpaired) electrons. The van der Waals surface area contributed by atoms with Crippen LogP contribution < -0.4 is 10.6 Å². The molecule has 1 amide bonds. The van der Waals surface area contributed by atoms with E-state index in [1.165, 1.54) is 0 Å². The minimum atomic E-state index is -0.808. The van der Waals surface area contributed by atoms with Gasteiger partial charge in [-0.25, -0.2) is 0 Å². The zero-order valence-corrected chi connectivity index (χ0v) is 12.0. The number of aliphatic carboxylic acids is 1. The Morgan fingerprint density at radius 2 is 2.21 bits per heavy atom. The van der Waals surface area contributed by atoms with Crippen LogP contribution in [-0.4, -0.2) is 36.6 Å². The maximum atomic E-state index is 12.4. The van der Waals surface area contributed by atoms with Gasteiger partial charge in [-0.2, -0.15) is 0 Å². The van der Waals surface area contributed by atoms with Crippen LogP contribution >= 0.6 is 0 Å². The third-order valence-corrected chi connectivity index (χ3v) is 3.97. The zero-order chi connectivity index (χ0) is 14.3. The lowest BCUT2D eigenvalue weighted by atomic mass is 9.76. The lowest BCUT2D eigenvalue weighted by molar-refractivity contribution is -0.141. The van der Waals surface area contributed by atoms with E-state index in [-0.39, 0.29) is 11.3 Å². The topological polar surface area (TPSA) is 78.4 Å². The van der Waals surface area contributed by atoms with Crippen molar-refractivity contribution >= 4 is 11.9 Å². The lowest BCUT2D eigenvalue weighted by Crippen LogP contribution is -2.50. The van der Waals surface area contributed by atoms with E-state index < -0.39 is 11.9 Å². The minimum absolute atomic E-state index is 0.0825. The van der Waals surface area contributed by atoms with Crippen molar-refractivity contribution in [2.45, 2.75) is 46.0 Å². The highest BCUT2D eigenvalue weighted by Crippen LogP contribution is 2.31. The van der Waals surface area contributed by atoms with Crippen molar-refractivity contribution in [2.75, 3.05) is 19.6 Å². The first kappa shape index (κ1) is 16.0. The van der Waals surface area contributed by atoms with Crippen molar-refractivity contribution in [3.05, 3.63) is 0 Å². The van der Waals surface area contributed by atoms with E-state index in [9.17, 15) is 9.59 Å². The number of hydrogen-bond donors (Lipinski definition) is 3. The molecule has 3 N–H and O–H groups in total. The highest BCUT2D eigenvalue weighted by molar-refractivity contribution is 5.83. The minimum Gasteiger partial charge on any atom is -0.481 e. The Morgan fingerprint density at radius 1 is 1.47 bits per heavy atom. The molecule has 1 fully saturated rings. The fourth-order valence-corrected chi connectivity index (χ4v) is 2.68. The van der Waals surface area contributed by atoms with Crippen LogP contribution in [0.5, 0.6) is 0 Å². The molecule has 2 atom stereocenters. The summed E-state index contributed by atoms with van der Waals surface area (Å²) in [6.07, 6.45) is 4.31. The second kappa shape index (κ2) is 7.48. The molecule has 1 aliphatic rings. The molecule has 0 bridgehead atoms. The second-order valence-corrected chi connectivity index (χ2v) is 5.59. The van der Waals surface area contributed by atoms with Gasteiger partial charge in [-0.05, 0) is 32.2 Å². The fourth-order valence-electron chi connectivity index (χ4n) is 2.68. The van der Waals surface area contributed by atoms with Gasteiger partial charge >= 0.3 is 5.97 Å². The summed E-state index contributed by atoms with van der Waals surface area (Å²) in [5, 5.41) is 15.0. The number of hydrogen-bond acceptors (Lipinski definition) is 3. The van der Waals surface area contributed by atoms with Crippen LogP contribution in [0, 0.1) is 11.3 Å². The van der Waals surface area contributed by atoms with Gasteiger partial charge in [0.25, 0.3) is 0 Å². The number of amides is 1. The number of carbonyl (C=O) groups excluding carboxylic acids is 1. The smallest absolute Gasteiger partial charge is 0.306 e. The van der Waals surface area contributed by atoms with Crippen LogP contribution in [0.2, 0.25) is 0 Å². The van der Waals surface area contributed by atoms with Gasteiger partial charge in [0.15, 0.2) is 0 Å². The van der Waals surface area contributed by atoms with Crippen LogP contribution in [-0.2, 0) is 9.59 Å². The maximum Gasteiger partial charge on any atom is 0.306 e. The molecule has 5 heteroatoms. The van der Waals surface area contributed by atoms with Crippen molar-refractivity contribution in [1.82, 2.24) is 10.6 Å². The predicted octanol–water partition coefficient (Wildman–Crippen LogP) is 1.38. The molecule has 110 valence electrons. The zero-order valence-electron chi connectivity index (χ0n) is 12.0. The van der Waals surface area contributed by atoms with E-state index in [4.69, 9.17) is 5.11 Å². The molecule has 1 rings (SSSR count). The number of carbonyl (C=O) groups is 2. The van der Waals surface area contributed by atoms with E-state index in [2.05, 4.69) is 17.6 Å². The molecular formula is C14H26N2O3. The Balaban J connectivity index is 2.46.